The van der Waals surface area contributed by atoms with Crippen LogP contribution in [0.2, 0.25) is 0 Å². The number of benzene rings is 1. The van der Waals surface area contributed by atoms with Gasteiger partial charge in [-0.1, -0.05) is 0 Å². The maximum atomic E-state index is 8.86. The van der Waals surface area contributed by atoms with Crippen molar-refractivity contribution in [3.63, 3.8) is 0 Å². The molecule has 20 heavy (non-hydrogen) atoms. The molecule has 0 aliphatic carbocycles. The molecular weight excluding hydrogens is 252 g/mol. The van der Waals surface area contributed by atoms with Crippen LogP contribution in [0.3, 0.4) is 0 Å². The molecule has 100 valence electrons. The number of hydrogen-bond acceptors (Lipinski definition) is 4. The van der Waals surface area contributed by atoms with Gasteiger partial charge >= 0.3 is 0 Å². The van der Waals surface area contributed by atoms with E-state index >= 15 is 0 Å². The van der Waals surface area contributed by atoms with Crippen LogP contribution in [0.5, 0.6) is 0 Å². The number of fused-ring (bicyclic) bond motifs is 1. The third-order valence-corrected chi connectivity index (χ3v) is 3.29. The monoisotopic (exact) mass is 266 g/mol. The van der Waals surface area contributed by atoms with Gasteiger partial charge in [-0.05, 0) is 38.1 Å². The zero-order valence-corrected chi connectivity index (χ0v) is 11.3. The molecule has 2 heterocycles. The van der Waals surface area contributed by atoms with Gasteiger partial charge in [0.25, 0.3) is 0 Å². The van der Waals surface area contributed by atoms with Gasteiger partial charge in [0.1, 0.15) is 5.52 Å². The second-order valence-corrected chi connectivity index (χ2v) is 4.54. The minimum Gasteiger partial charge on any atom is -0.369 e. The molecule has 0 amide bonds. The Bertz CT molecular complexity index is 816. The van der Waals surface area contributed by atoms with Gasteiger partial charge in [0.15, 0.2) is 5.65 Å². The largest absolute Gasteiger partial charge is 0.369 e. The van der Waals surface area contributed by atoms with Gasteiger partial charge in [0, 0.05) is 6.54 Å². The first-order valence-corrected chi connectivity index (χ1v) is 6.37. The van der Waals surface area contributed by atoms with Crippen molar-refractivity contribution in [2.45, 2.75) is 20.4 Å². The summed E-state index contributed by atoms with van der Waals surface area (Å²) in [6.07, 6.45) is 0. The number of aromatic nitrogens is 4. The third-order valence-electron chi connectivity index (χ3n) is 3.29. The molecule has 0 saturated carbocycles. The van der Waals surface area contributed by atoms with Crippen molar-refractivity contribution in [3.8, 4) is 11.8 Å². The minimum absolute atomic E-state index is 0.424. The normalized spacial score (nSPS) is 10.8. The molecule has 3 rings (SSSR count). The maximum Gasteiger partial charge on any atom is 0.207 e. The van der Waals surface area contributed by atoms with Crippen LogP contribution in [-0.4, -0.2) is 19.3 Å². The predicted octanol–water partition coefficient (Wildman–Crippen LogP) is 2.00. The van der Waals surface area contributed by atoms with Crippen molar-refractivity contribution < 1.29 is 0 Å². The van der Waals surface area contributed by atoms with Crippen LogP contribution in [0.15, 0.2) is 24.3 Å². The number of hydrogen-bond donors (Lipinski definition) is 1. The van der Waals surface area contributed by atoms with E-state index in [0.29, 0.717) is 11.5 Å². The molecule has 0 unspecified atom stereocenters. The maximum absolute atomic E-state index is 8.86. The topological polar surface area (TPSA) is 85.5 Å². The number of nitrogen functional groups attached to an aromatic ring is 1. The van der Waals surface area contributed by atoms with E-state index in [0.717, 1.165) is 29.1 Å². The van der Waals surface area contributed by atoms with Gasteiger partial charge in [-0.15, -0.1) is 0 Å². The first-order chi connectivity index (χ1) is 9.65. The average molecular weight is 266 g/mol. The van der Waals surface area contributed by atoms with Crippen molar-refractivity contribution in [3.05, 3.63) is 35.5 Å². The second kappa shape index (κ2) is 4.38. The highest BCUT2D eigenvalue weighted by Crippen LogP contribution is 2.25. The molecule has 0 fully saturated rings. The zero-order chi connectivity index (χ0) is 14.3. The summed E-state index contributed by atoms with van der Waals surface area (Å²) in [6.45, 7) is 4.69. The summed E-state index contributed by atoms with van der Waals surface area (Å²) < 4.78 is 3.74. The molecule has 1 aromatic carbocycles. The van der Waals surface area contributed by atoms with Gasteiger partial charge in [0.05, 0.1) is 23.0 Å². The highest BCUT2D eigenvalue weighted by molar-refractivity contribution is 5.80. The van der Waals surface area contributed by atoms with Crippen molar-refractivity contribution in [1.82, 2.24) is 19.3 Å². The van der Waals surface area contributed by atoms with Gasteiger partial charge in [0.2, 0.25) is 5.95 Å². The van der Waals surface area contributed by atoms with Crippen molar-refractivity contribution >= 4 is 17.1 Å². The average Bonchev–Trinajstić information content (AvgIpc) is 2.96. The molecule has 0 bridgehead atoms. The minimum atomic E-state index is 0.424. The predicted molar refractivity (Wildman–Crippen MR) is 76.4 cm³/mol. The van der Waals surface area contributed by atoms with Crippen LogP contribution in [0.25, 0.3) is 16.9 Å². The van der Waals surface area contributed by atoms with Crippen LogP contribution in [0, 0.1) is 18.3 Å². The fourth-order valence-corrected chi connectivity index (χ4v) is 2.35. The number of nitrogens with two attached hydrogens (primary N) is 1. The summed E-state index contributed by atoms with van der Waals surface area (Å²) in [6, 6.07) is 9.35. The molecule has 6 heteroatoms. The van der Waals surface area contributed by atoms with Crippen LogP contribution < -0.4 is 5.73 Å². The second-order valence-electron chi connectivity index (χ2n) is 4.54. The molecule has 3 aromatic rings. The fourth-order valence-electron chi connectivity index (χ4n) is 2.35. The first kappa shape index (κ1) is 12.2. The first-order valence-electron chi connectivity index (χ1n) is 6.37. The van der Waals surface area contributed by atoms with E-state index in [9.17, 15) is 0 Å². The number of nitrogens with zero attached hydrogens (tertiary/aromatic N) is 5. The van der Waals surface area contributed by atoms with E-state index < -0.39 is 0 Å². The smallest absolute Gasteiger partial charge is 0.207 e. The molecule has 0 aliphatic heterocycles. The fraction of sp³-hybridized carbons (Fsp3) is 0.214. The number of nitriles is 1. The summed E-state index contributed by atoms with van der Waals surface area (Å²) in [5.41, 5.74) is 10.1. The zero-order valence-electron chi connectivity index (χ0n) is 11.3. The van der Waals surface area contributed by atoms with Crippen LogP contribution in [0.4, 0.5) is 5.95 Å². The Morgan fingerprint density at radius 2 is 2.00 bits per heavy atom. The number of aryl methyl sites for hydroxylation is 2. The number of rotatable bonds is 2. The Kier molecular flexibility index (Phi) is 2.68. The van der Waals surface area contributed by atoms with Crippen molar-refractivity contribution in [1.29, 1.82) is 5.26 Å². The SMILES string of the molecule is CCn1nc(C)c2nc(N)n(-c3ccc(C#N)cc3)c21. The Morgan fingerprint density at radius 3 is 2.60 bits per heavy atom. The molecule has 2 N–H and O–H groups in total. The van der Waals surface area contributed by atoms with E-state index in [1.807, 2.05) is 35.2 Å². The standard InChI is InChI=1S/C14H14N6/c1-3-19-13-12(9(2)18-19)17-14(16)20(13)11-6-4-10(8-15)5-7-11/h4-7H,3H2,1-2H3,(H2,16,17). The number of anilines is 1. The molecule has 2 aromatic heterocycles. The molecule has 0 radical (unpaired) electrons. The Labute approximate surface area is 116 Å². The van der Waals surface area contributed by atoms with E-state index in [2.05, 4.69) is 16.2 Å². The van der Waals surface area contributed by atoms with Crippen LogP contribution in [-0.2, 0) is 6.54 Å². The van der Waals surface area contributed by atoms with Gasteiger partial charge in [-0.3, -0.25) is 4.57 Å². The van der Waals surface area contributed by atoms with Crippen LogP contribution in [0.1, 0.15) is 18.2 Å². The van der Waals surface area contributed by atoms with Gasteiger partial charge in [-0.25, -0.2) is 9.67 Å². The third kappa shape index (κ3) is 1.64. The summed E-state index contributed by atoms with van der Waals surface area (Å²) >= 11 is 0. The molecular formula is C14H14N6. The van der Waals surface area contributed by atoms with Crippen molar-refractivity contribution in [2.75, 3.05) is 5.73 Å². The van der Waals surface area contributed by atoms with E-state index in [1.54, 1.807) is 12.1 Å². The lowest BCUT2D eigenvalue weighted by Crippen LogP contribution is -2.06. The molecule has 0 atom stereocenters. The lowest BCUT2D eigenvalue weighted by Gasteiger charge is -2.07. The van der Waals surface area contributed by atoms with Crippen molar-refractivity contribution in [2.24, 2.45) is 0 Å². The lowest BCUT2D eigenvalue weighted by molar-refractivity contribution is 0.663. The molecule has 0 saturated heterocycles. The Balaban J connectivity index is 2.29. The quantitative estimate of drug-likeness (QED) is 0.768. The van der Waals surface area contributed by atoms with Crippen LogP contribution >= 0.6 is 0 Å². The van der Waals surface area contributed by atoms with E-state index in [4.69, 9.17) is 11.0 Å². The Hall–Kier alpha value is -2.81. The number of imidazole rings is 1. The van der Waals surface area contributed by atoms with E-state index in [1.165, 1.54) is 0 Å². The van der Waals surface area contributed by atoms with Gasteiger partial charge in [-0.2, -0.15) is 10.4 Å². The Morgan fingerprint density at radius 1 is 1.30 bits per heavy atom. The lowest BCUT2D eigenvalue weighted by atomic mass is 10.2. The summed E-state index contributed by atoms with van der Waals surface area (Å²) in [7, 11) is 0. The summed E-state index contributed by atoms with van der Waals surface area (Å²) in [5.74, 6) is 0.424. The highest BCUT2D eigenvalue weighted by atomic mass is 15.4. The molecule has 0 aliphatic rings. The molecule has 0 spiro atoms. The summed E-state index contributed by atoms with van der Waals surface area (Å²) in [4.78, 5) is 4.39. The van der Waals surface area contributed by atoms with Gasteiger partial charge < -0.3 is 5.73 Å². The molecule has 6 nitrogen and oxygen atoms in total. The highest BCUT2D eigenvalue weighted by Gasteiger charge is 2.17. The summed E-state index contributed by atoms with van der Waals surface area (Å²) in [5, 5.41) is 13.3. The van der Waals surface area contributed by atoms with E-state index in [-0.39, 0.29) is 0 Å².